The molecule has 0 saturated heterocycles. The van der Waals surface area contributed by atoms with Crippen molar-refractivity contribution >= 4 is 46.5 Å². The van der Waals surface area contributed by atoms with Gasteiger partial charge in [0.2, 0.25) is 0 Å². The highest BCUT2D eigenvalue weighted by Gasteiger charge is 2.44. The topological polar surface area (TPSA) is 26.0 Å². The summed E-state index contributed by atoms with van der Waals surface area (Å²) in [5.41, 5.74) is 7.87. The van der Waals surface area contributed by atoms with Gasteiger partial charge in [-0.05, 0) is 60.2 Å². The van der Waals surface area contributed by atoms with Crippen LogP contribution in [0.2, 0.25) is 5.02 Å². The number of hydrogen-bond acceptors (Lipinski definition) is 1. The second-order valence-corrected chi connectivity index (χ2v) is 11.1. The van der Waals surface area contributed by atoms with Crippen LogP contribution in [0.15, 0.2) is 115 Å². The van der Waals surface area contributed by atoms with Crippen LogP contribution in [0.1, 0.15) is 5.56 Å². The lowest BCUT2D eigenvalue weighted by Gasteiger charge is -2.26. The van der Waals surface area contributed by atoms with Crippen LogP contribution in [0.4, 0.5) is 5.69 Å². The molecular formula is C27H24ClNP+. The van der Waals surface area contributed by atoms with E-state index in [2.05, 4.69) is 103 Å². The average Bonchev–Trinajstić information content (AvgIpc) is 2.80. The van der Waals surface area contributed by atoms with Gasteiger partial charge >= 0.3 is 0 Å². The van der Waals surface area contributed by atoms with Crippen LogP contribution >= 0.6 is 18.9 Å². The van der Waals surface area contributed by atoms with Gasteiger partial charge in [-0.2, -0.15) is 0 Å². The summed E-state index contributed by atoms with van der Waals surface area (Å²) < 4.78 is 0. The molecule has 4 aromatic carbocycles. The average molecular weight is 429 g/mol. The van der Waals surface area contributed by atoms with Gasteiger partial charge < -0.3 is 5.73 Å². The van der Waals surface area contributed by atoms with E-state index in [9.17, 15) is 0 Å². The van der Waals surface area contributed by atoms with Crippen LogP contribution in [0, 0.1) is 0 Å². The van der Waals surface area contributed by atoms with E-state index in [1.54, 1.807) is 6.07 Å². The fourth-order valence-electron chi connectivity index (χ4n) is 3.85. The van der Waals surface area contributed by atoms with Crippen LogP contribution in [0.3, 0.4) is 0 Å². The molecule has 0 saturated carbocycles. The second kappa shape index (κ2) is 9.30. The normalized spacial score (nSPS) is 11.6. The summed E-state index contributed by atoms with van der Waals surface area (Å²) in [5, 5.41) is 4.77. The molecule has 0 bridgehead atoms. The molecule has 3 heteroatoms. The fourth-order valence-corrected chi connectivity index (χ4v) is 8.02. The van der Waals surface area contributed by atoms with Crippen LogP contribution in [0.25, 0.3) is 6.08 Å². The quantitative estimate of drug-likeness (QED) is 0.299. The van der Waals surface area contributed by atoms with Gasteiger partial charge in [0, 0.05) is 10.7 Å². The fraction of sp³-hybridized carbons (Fsp3) is 0.0370. The second-order valence-electron chi connectivity index (χ2n) is 7.17. The maximum Gasteiger partial charge on any atom is 0.115 e. The molecule has 0 aliphatic rings. The Balaban J connectivity index is 1.85. The van der Waals surface area contributed by atoms with Crippen molar-refractivity contribution in [2.45, 2.75) is 0 Å². The first kappa shape index (κ1) is 20.4. The zero-order valence-corrected chi connectivity index (χ0v) is 18.3. The SMILES string of the molecule is Nc1cc(Cl)ccc1/C=C\C[P+](c1ccccc1)(c1ccccc1)c1ccccc1. The highest BCUT2D eigenvalue weighted by atomic mass is 35.5. The Hall–Kier alpha value is -2.86. The predicted molar refractivity (Wildman–Crippen MR) is 135 cm³/mol. The zero-order chi connectivity index (χ0) is 20.8. The Morgan fingerprint density at radius 3 is 1.57 bits per heavy atom. The van der Waals surface area contributed by atoms with E-state index >= 15 is 0 Å². The molecule has 0 amide bonds. The largest absolute Gasteiger partial charge is 0.398 e. The summed E-state index contributed by atoms with van der Waals surface area (Å²) in [7, 11) is -1.87. The number of hydrogen-bond donors (Lipinski definition) is 1. The lowest BCUT2D eigenvalue weighted by atomic mass is 10.2. The Morgan fingerprint density at radius 1 is 0.667 bits per heavy atom. The smallest absolute Gasteiger partial charge is 0.115 e. The van der Waals surface area contributed by atoms with Crippen LogP contribution in [-0.4, -0.2) is 6.16 Å². The summed E-state index contributed by atoms with van der Waals surface area (Å²) >= 11 is 6.07. The highest BCUT2D eigenvalue weighted by Crippen LogP contribution is 2.55. The molecule has 0 unspecified atom stereocenters. The summed E-state index contributed by atoms with van der Waals surface area (Å²) in [6.07, 6.45) is 5.29. The molecule has 4 aromatic rings. The molecule has 30 heavy (non-hydrogen) atoms. The van der Waals surface area contributed by atoms with Crippen molar-refractivity contribution in [3.8, 4) is 0 Å². The third kappa shape index (κ3) is 4.19. The van der Waals surface area contributed by atoms with Crippen molar-refractivity contribution in [1.82, 2.24) is 0 Å². The molecule has 1 nitrogen and oxygen atoms in total. The molecule has 0 aliphatic carbocycles. The molecular weight excluding hydrogens is 405 g/mol. The van der Waals surface area contributed by atoms with Crippen molar-refractivity contribution in [2.24, 2.45) is 0 Å². The summed E-state index contributed by atoms with van der Waals surface area (Å²) in [6, 6.07) is 38.3. The van der Waals surface area contributed by atoms with E-state index in [0.717, 1.165) is 11.7 Å². The first-order chi connectivity index (χ1) is 14.7. The summed E-state index contributed by atoms with van der Waals surface area (Å²) in [4.78, 5) is 0. The van der Waals surface area contributed by atoms with Crippen molar-refractivity contribution < 1.29 is 0 Å². The molecule has 0 aromatic heterocycles. The van der Waals surface area contributed by atoms with Crippen LogP contribution in [-0.2, 0) is 0 Å². The summed E-state index contributed by atoms with van der Waals surface area (Å²) in [5.74, 6) is 0. The van der Waals surface area contributed by atoms with Crippen molar-refractivity contribution in [2.75, 3.05) is 11.9 Å². The minimum atomic E-state index is -1.87. The van der Waals surface area contributed by atoms with E-state index in [1.165, 1.54) is 15.9 Å². The van der Waals surface area contributed by atoms with Gasteiger partial charge in [-0.25, -0.2) is 0 Å². The predicted octanol–water partition coefficient (Wildman–Crippen LogP) is 5.93. The number of anilines is 1. The minimum absolute atomic E-state index is 0.657. The van der Waals surface area contributed by atoms with E-state index in [1.807, 2.05) is 12.1 Å². The first-order valence-electron chi connectivity index (χ1n) is 9.97. The lowest BCUT2D eigenvalue weighted by molar-refractivity contribution is 1.62. The van der Waals surface area contributed by atoms with Crippen LogP contribution < -0.4 is 21.6 Å². The standard InChI is InChI=1S/C27H24ClNP/c28-23-19-18-22(27(29)21-23)11-10-20-30(24-12-4-1-5-13-24,25-14-6-2-7-15-25)26-16-8-3-9-17-26/h1-19,21H,20,29H2/q+1/b11-10-. The maximum absolute atomic E-state index is 6.18. The monoisotopic (exact) mass is 428 g/mol. The van der Waals surface area contributed by atoms with Crippen molar-refractivity contribution in [1.29, 1.82) is 0 Å². The van der Waals surface area contributed by atoms with E-state index < -0.39 is 7.26 Å². The van der Waals surface area contributed by atoms with Crippen molar-refractivity contribution in [3.05, 3.63) is 126 Å². The van der Waals surface area contributed by atoms with E-state index in [0.29, 0.717) is 10.7 Å². The van der Waals surface area contributed by atoms with E-state index in [-0.39, 0.29) is 0 Å². The number of halogens is 1. The molecule has 0 atom stereocenters. The highest BCUT2D eigenvalue weighted by molar-refractivity contribution is 7.95. The number of nitrogen functional groups attached to an aromatic ring is 1. The van der Waals surface area contributed by atoms with Gasteiger partial charge in [0.1, 0.15) is 23.2 Å². The minimum Gasteiger partial charge on any atom is -0.398 e. The number of nitrogens with two attached hydrogens (primary N) is 1. The van der Waals surface area contributed by atoms with Crippen molar-refractivity contribution in [3.63, 3.8) is 0 Å². The number of allylic oxidation sites excluding steroid dienone is 1. The molecule has 0 fully saturated rings. The lowest BCUT2D eigenvalue weighted by Crippen LogP contribution is -2.32. The Kier molecular flexibility index (Phi) is 6.33. The van der Waals surface area contributed by atoms with Crippen LogP contribution in [0.5, 0.6) is 0 Å². The number of rotatable bonds is 6. The summed E-state index contributed by atoms with van der Waals surface area (Å²) in [6.45, 7) is 0. The van der Waals surface area contributed by atoms with Gasteiger partial charge in [-0.3, -0.25) is 0 Å². The molecule has 0 heterocycles. The van der Waals surface area contributed by atoms with Gasteiger partial charge in [-0.1, -0.05) is 78.3 Å². The molecule has 4 rings (SSSR count). The Morgan fingerprint density at radius 2 is 1.13 bits per heavy atom. The Labute approximate surface area is 184 Å². The van der Waals surface area contributed by atoms with Gasteiger partial charge in [0.05, 0.1) is 6.16 Å². The zero-order valence-electron chi connectivity index (χ0n) is 16.7. The molecule has 0 aliphatic heterocycles. The number of benzene rings is 4. The molecule has 0 spiro atoms. The van der Waals surface area contributed by atoms with Gasteiger partial charge in [0.25, 0.3) is 0 Å². The first-order valence-corrected chi connectivity index (χ1v) is 12.3. The third-order valence-electron chi connectivity index (χ3n) is 5.32. The van der Waals surface area contributed by atoms with E-state index in [4.69, 9.17) is 17.3 Å². The molecule has 148 valence electrons. The maximum atomic E-state index is 6.18. The molecule has 0 radical (unpaired) electrons. The Bertz CT molecular complexity index is 1030. The van der Waals surface area contributed by atoms with Gasteiger partial charge in [-0.15, -0.1) is 0 Å². The third-order valence-corrected chi connectivity index (χ3v) is 9.85. The molecule has 2 N–H and O–H groups in total. The van der Waals surface area contributed by atoms with Gasteiger partial charge in [0.15, 0.2) is 0 Å².